The van der Waals surface area contributed by atoms with E-state index >= 15 is 0 Å². The molecule has 2 aromatic rings. The lowest BCUT2D eigenvalue weighted by Crippen LogP contribution is -2.35. The summed E-state index contributed by atoms with van der Waals surface area (Å²) < 4.78 is 40.9. The van der Waals surface area contributed by atoms with Crippen LogP contribution in [0, 0.1) is 5.41 Å². The molecule has 1 aliphatic carbocycles. The summed E-state index contributed by atoms with van der Waals surface area (Å²) in [6.07, 6.45) is 2.81. The standard InChI is InChI=1S/C24H25F3N4O4/c25-24(26,27)17-6-4-5-16(13-17)14-30-11-12-31-21(30)19(18(15-32)29-31)20(33)28-10-9-23(22(34)35)7-2-1-3-8-23/h1-7,13,32H,8-12,14-15H2,(H,28,33)(H,34,35). The van der Waals surface area contributed by atoms with E-state index in [2.05, 4.69) is 10.4 Å². The van der Waals surface area contributed by atoms with Crippen LogP contribution in [0.25, 0.3) is 0 Å². The van der Waals surface area contributed by atoms with Gasteiger partial charge in [0, 0.05) is 19.6 Å². The topological polar surface area (TPSA) is 108 Å². The number of aliphatic hydroxyl groups excluding tert-OH is 1. The molecule has 0 radical (unpaired) electrons. The monoisotopic (exact) mass is 490 g/mol. The molecule has 11 heteroatoms. The Kier molecular flexibility index (Phi) is 6.70. The summed E-state index contributed by atoms with van der Waals surface area (Å²) in [6, 6.07) is 4.99. The van der Waals surface area contributed by atoms with Crippen LogP contribution in [0.4, 0.5) is 19.0 Å². The molecule has 1 aliphatic heterocycles. The molecule has 186 valence electrons. The Morgan fingerprint density at radius 1 is 1.20 bits per heavy atom. The summed E-state index contributed by atoms with van der Waals surface area (Å²) in [7, 11) is 0. The molecule has 8 nitrogen and oxygen atoms in total. The summed E-state index contributed by atoms with van der Waals surface area (Å²) in [4.78, 5) is 26.7. The lowest BCUT2D eigenvalue weighted by Gasteiger charge is -2.26. The Morgan fingerprint density at radius 3 is 2.66 bits per heavy atom. The maximum Gasteiger partial charge on any atom is 0.416 e. The van der Waals surface area contributed by atoms with Crippen molar-refractivity contribution in [2.24, 2.45) is 5.41 Å². The first kappa shape index (κ1) is 24.5. The first-order valence-electron chi connectivity index (χ1n) is 11.1. The van der Waals surface area contributed by atoms with E-state index < -0.39 is 35.6 Å². The van der Waals surface area contributed by atoms with Crippen LogP contribution >= 0.6 is 0 Å². The van der Waals surface area contributed by atoms with E-state index in [1.807, 2.05) is 0 Å². The minimum absolute atomic E-state index is 0.0758. The number of carboxylic acids is 1. The number of aromatic nitrogens is 2. The highest BCUT2D eigenvalue weighted by Crippen LogP contribution is 2.34. The number of fused-ring (bicyclic) bond motifs is 1. The minimum Gasteiger partial charge on any atom is -0.481 e. The maximum absolute atomic E-state index is 13.1. The van der Waals surface area contributed by atoms with Gasteiger partial charge in [-0.2, -0.15) is 18.3 Å². The van der Waals surface area contributed by atoms with Gasteiger partial charge in [-0.25, -0.2) is 4.68 Å². The summed E-state index contributed by atoms with van der Waals surface area (Å²) in [6.45, 7) is 0.552. The van der Waals surface area contributed by atoms with Gasteiger partial charge in [0.2, 0.25) is 0 Å². The molecule has 1 aromatic carbocycles. The Labute approximate surface area is 199 Å². The van der Waals surface area contributed by atoms with Gasteiger partial charge in [-0.15, -0.1) is 0 Å². The highest BCUT2D eigenvalue weighted by Gasteiger charge is 2.36. The molecule has 0 fully saturated rings. The number of nitrogens with zero attached hydrogens (tertiary/aromatic N) is 3. The largest absolute Gasteiger partial charge is 0.481 e. The van der Waals surface area contributed by atoms with E-state index in [0.717, 1.165) is 12.1 Å². The third-order valence-electron chi connectivity index (χ3n) is 6.31. The second-order valence-electron chi connectivity index (χ2n) is 8.60. The molecule has 0 bridgehead atoms. The summed E-state index contributed by atoms with van der Waals surface area (Å²) in [5, 5.41) is 26.5. The van der Waals surface area contributed by atoms with E-state index in [-0.39, 0.29) is 30.8 Å². The van der Waals surface area contributed by atoms with Crippen molar-refractivity contribution in [2.45, 2.75) is 38.7 Å². The SMILES string of the molecule is O=C(NCCC1(C(=O)O)C=CC=CC1)c1c(CO)nn2c1N(Cc1cccc(C(F)(F)F)c1)CC2. The molecular weight excluding hydrogens is 465 g/mol. The zero-order valence-corrected chi connectivity index (χ0v) is 18.8. The fraction of sp³-hybridized carbons (Fsp3) is 0.375. The number of aliphatic hydroxyl groups is 1. The first-order valence-corrected chi connectivity index (χ1v) is 11.1. The minimum atomic E-state index is -4.46. The molecule has 3 N–H and O–H groups in total. The molecule has 35 heavy (non-hydrogen) atoms. The predicted molar refractivity (Wildman–Crippen MR) is 121 cm³/mol. The van der Waals surface area contributed by atoms with Crippen LogP contribution in [0.2, 0.25) is 0 Å². The van der Waals surface area contributed by atoms with Crippen molar-refractivity contribution in [3.05, 3.63) is 71.0 Å². The van der Waals surface area contributed by atoms with Crippen molar-refractivity contribution in [3.63, 3.8) is 0 Å². The van der Waals surface area contributed by atoms with Crippen molar-refractivity contribution in [2.75, 3.05) is 18.0 Å². The van der Waals surface area contributed by atoms with Crippen molar-refractivity contribution in [1.82, 2.24) is 15.1 Å². The molecule has 1 aromatic heterocycles. The van der Waals surface area contributed by atoms with E-state index in [4.69, 9.17) is 0 Å². The lowest BCUT2D eigenvalue weighted by atomic mass is 9.79. The van der Waals surface area contributed by atoms with Crippen LogP contribution in [0.5, 0.6) is 0 Å². The Hall–Kier alpha value is -3.60. The van der Waals surface area contributed by atoms with Gasteiger partial charge in [0.05, 0.1) is 24.1 Å². The molecule has 1 atom stereocenters. The van der Waals surface area contributed by atoms with Crippen LogP contribution in [0.15, 0.2) is 48.6 Å². The highest BCUT2D eigenvalue weighted by atomic mass is 19.4. The number of alkyl halides is 3. The second kappa shape index (κ2) is 9.57. The van der Waals surface area contributed by atoms with E-state index in [9.17, 15) is 33.0 Å². The normalized spacial score (nSPS) is 19.1. The zero-order chi connectivity index (χ0) is 25.2. The number of nitrogens with one attached hydrogen (secondary N) is 1. The number of benzene rings is 1. The van der Waals surface area contributed by atoms with Gasteiger partial charge in [0.1, 0.15) is 17.1 Å². The summed E-state index contributed by atoms with van der Waals surface area (Å²) in [5.74, 6) is -1.10. The third kappa shape index (κ3) is 4.95. The molecule has 2 aliphatic rings. The van der Waals surface area contributed by atoms with Crippen molar-refractivity contribution in [3.8, 4) is 0 Å². The molecule has 4 rings (SSSR count). The Morgan fingerprint density at radius 2 is 2.00 bits per heavy atom. The number of aliphatic carboxylic acids is 1. The average Bonchev–Trinajstić information content (AvgIpc) is 3.38. The second-order valence-corrected chi connectivity index (χ2v) is 8.60. The number of rotatable bonds is 8. The van der Waals surface area contributed by atoms with E-state index in [1.165, 1.54) is 6.07 Å². The fourth-order valence-corrected chi connectivity index (χ4v) is 4.47. The van der Waals surface area contributed by atoms with E-state index in [0.29, 0.717) is 30.9 Å². The van der Waals surface area contributed by atoms with Crippen molar-refractivity contribution >= 4 is 17.7 Å². The number of carboxylic acid groups (broad SMARTS) is 1. The third-order valence-corrected chi connectivity index (χ3v) is 6.31. The molecule has 0 spiro atoms. The molecular formula is C24H25F3N4O4. The predicted octanol–water partition coefficient (Wildman–Crippen LogP) is 3.12. The number of hydrogen-bond acceptors (Lipinski definition) is 5. The number of allylic oxidation sites excluding steroid dienone is 3. The number of amides is 1. The van der Waals surface area contributed by atoms with Gasteiger partial charge in [-0.1, -0.05) is 36.4 Å². The molecule has 1 amide bonds. The summed E-state index contributed by atoms with van der Waals surface area (Å²) in [5.41, 5.74) is -1.15. The van der Waals surface area contributed by atoms with Gasteiger partial charge in [-0.3, -0.25) is 9.59 Å². The molecule has 2 heterocycles. The van der Waals surface area contributed by atoms with Gasteiger partial charge < -0.3 is 20.4 Å². The molecule has 0 saturated heterocycles. The number of anilines is 1. The smallest absolute Gasteiger partial charge is 0.416 e. The van der Waals surface area contributed by atoms with Gasteiger partial charge in [-0.05, 0) is 30.5 Å². The summed E-state index contributed by atoms with van der Waals surface area (Å²) >= 11 is 0. The average molecular weight is 490 g/mol. The van der Waals surface area contributed by atoms with Crippen molar-refractivity contribution in [1.29, 1.82) is 0 Å². The fourth-order valence-electron chi connectivity index (χ4n) is 4.47. The van der Waals surface area contributed by atoms with Crippen LogP contribution in [-0.2, 0) is 30.7 Å². The van der Waals surface area contributed by atoms with Gasteiger partial charge >= 0.3 is 12.1 Å². The maximum atomic E-state index is 13.1. The van der Waals surface area contributed by atoms with Crippen LogP contribution < -0.4 is 10.2 Å². The first-order chi connectivity index (χ1) is 16.6. The quantitative estimate of drug-likeness (QED) is 0.525. The Bertz CT molecular complexity index is 1190. The Balaban J connectivity index is 1.52. The number of carbonyl (C=O) groups is 2. The van der Waals surface area contributed by atoms with Crippen LogP contribution in [0.3, 0.4) is 0 Å². The van der Waals surface area contributed by atoms with Gasteiger partial charge in [0.25, 0.3) is 5.91 Å². The zero-order valence-electron chi connectivity index (χ0n) is 18.8. The lowest BCUT2D eigenvalue weighted by molar-refractivity contribution is -0.146. The number of carbonyl (C=O) groups excluding carboxylic acids is 1. The van der Waals surface area contributed by atoms with Crippen molar-refractivity contribution < 1.29 is 33.0 Å². The highest BCUT2D eigenvalue weighted by molar-refractivity contribution is 6.00. The number of halogens is 3. The van der Waals surface area contributed by atoms with Crippen LogP contribution in [0.1, 0.15) is 40.0 Å². The van der Waals surface area contributed by atoms with Crippen LogP contribution in [-0.4, -0.2) is 45.0 Å². The van der Waals surface area contributed by atoms with E-state index in [1.54, 1.807) is 40.0 Å². The molecule has 1 unspecified atom stereocenters. The molecule has 0 saturated carbocycles. The van der Waals surface area contributed by atoms with Gasteiger partial charge in [0.15, 0.2) is 0 Å². The number of hydrogen-bond donors (Lipinski definition) is 3.